The number of benzene rings is 7. The van der Waals surface area contributed by atoms with E-state index in [0.29, 0.717) is 56.3 Å². The van der Waals surface area contributed by atoms with Gasteiger partial charge in [0.1, 0.15) is 29.6 Å². The fourth-order valence-electron chi connectivity index (χ4n) is 8.84. The van der Waals surface area contributed by atoms with Crippen LogP contribution in [0.1, 0.15) is 245 Å². The van der Waals surface area contributed by atoms with E-state index in [-0.39, 0.29) is 11.9 Å². The zero-order valence-electron chi connectivity index (χ0n) is 64.4. The summed E-state index contributed by atoms with van der Waals surface area (Å²) < 4.78 is 50.0. The number of aryl methyl sites for hydroxylation is 3. The Morgan fingerprint density at radius 2 is 0.878 bits per heavy atom. The second-order valence-corrected chi connectivity index (χ2v) is 31.5. The van der Waals surface area contributed by atoms with Crippen LogP contribution < -0.4 is 23.1 Å². The molecule has 0 fully saturated rings. The Balaban J connectivity index is 0.000000563. The van der Waals surface area contributed by atoms with Crippen molar-refractivity contribution in [3.05, 3.63) is 239 Å². The largest absolute Gasteiger partial charge is 0.497 e. The molecule has 1 aromatic heterocycles. The van der Waals surface area contributed by atoms with E-state index in [9.17, 15) is 8.42 Å². The summed E-state index contributed by atoms with van der Waals surface area (Å²) in [5, 5.41) is 3.29. The standard InChI is InChI=1S/C13H21NO.C12H18O.C11H16O.C11H16.C11H14.C10H12Br2O3S.C10H14O.C7H11NS/c1-11(2)12-6-5-7-13(10-12)15-9-8-14(3)4;1-9(2)11-6-5-7-12(8-11)13-10(3)4;1-4-12-11-7-5-6-10(8-11)9(2)3;1-8(2)11-6-9(3)5-10(4)7-11;1-4-10-6-5-7-11(8-10)9(2)3;1-6(2)7-4-8(11)10(9(12)5-7)15-16(3,13)14;1-8(2)9-5-4-6-10(7-9)11-3;1-5(2)7-4-9-6(3)8-7/h5-7,10-11H,8-9H2,1-4H3;5-10H,1-4H3;5-9H,4H2,1-3H3;5-8H,1-4H3;4-9H,1H2,2-3H3;4-6H,1-3H3;4-8H,1-3H3;4-5H,1-3H3. The first kappa shape index (κ1) is 89.8. The van der Waals surface area contributed by atoms with Gasteiger partial charge < -0.3 is 28.0 Å². The molecule has 9 nitrogen and oxygen atoms in total. The van der Waals surface area contributed by atoms with Crippen molar-refractivity contribution in [2.24, 2.45) is 0 Å². The zero-order valence-corrected chi connectivity index (χ0v) is 69.2. The highest BCUT2D eigenvalue weighted by molar-refractivity contribution is 9.11. The second-order valence-electron chi connectivity index (χ2n) is 27.2. The summed E-state index contributed by atoms with van der Waals surface area (Å²) in [6, 6.07) is 52.0. The summed E-state index contributed by atoms with van der Waals surface area (Å²) in [5.41, 5.74) is 14.4. The van der Waals surface area contributed by atoms with Gasteiger partial charge in [-0.15, -0.1) is 11.3 Å². The number of halogens is 2. The van der Waals surface area contributed by atoms with Crippen molar-refractivity contribution in [2.75, 3.05) is 47.2 Å². The molecular formula is C85H122Br2N2O7S2. The molecular weight excluding hydrogens is 1380 g/mol. The van der Waals surface area contributed by atoms with E-state index in [1.807, 2.05) is 102 Å². The van der Waals surface area contributed by atoms with E-state index in [4.69, 9.17) is 23.1 Å². The van der Waals surface area contributed by atoms with Crippen molar-refractivity contribution in [1.29, 1.82) is 0 Å². The van der Waals surface area contributed by atoms with Crippen molar-refractivity contribution in [1.82, 2.24) is 9.88 Å². The predicted octanol–water partition coefficient (Wildman–Crippen LogP) is 25.5. The number of hydrogen-bond donors (Lipinski definition) is 0. The van der Waals surface area contributed by atoms with E-state index in [0.717, 1.165) is 54.6 Å². The SMILES string of the molecule is C=Cc1cccc(C(C)C)c1.CC(C)Oc1cccc(C(C)C)c1.CC(C)c1cc(Br)c(OS(C)(=O)=O)c(Br)c1.CC(C)c1cccc(OCCN(C)C)c1.CCOc1cccc(C(C)C)c1.COc1cccc(C(C)C)c1.Cc1cc(C)cc(C(C)C)c1.Cc1nc(C(C)C)cs1. The van der Waals surface area contributed by atoms with Crippen molar-refractivity contribution in [2.45, 2.75) is 206 Å². The van der Waals surface area contributed by atoms with Crippen LogP contribution in [-0.2, 0) is 10.1 Å². The Morgan fingerprint density at radius 1 is 0.500 bits per heavy atom. The molecule has 0 atom stereocenters. The van der Waals surface area contributed by atoms with Crippen LogP contribution >= 0.6 is 43.2 Å². The number of methoxy groups -OCH3 is 1. The Hall–Kier alpha value is -6.22. The zero-order chi connectivity index (χ0) is 74.4. The molecule has 0 bridgehead atoms. The maximum Gasteiger partial charge on any atom is 0.306 e. The molecule has 8 aromatic rings. The Kier molecular flexibility index (Phi) is 43.8. The summed E-state index contributed by atoms with van der Waals surface area (Å²) in [5.74, 6) is 8.61. The monoisotopic (exact) mass is 1500 g/mol. The highest BCUT2D eigenvalue weighted by Gasteiger charge is 2.15. The van der Waals surface area contributed by atoms with Crippen LogP contribution in [-0.4, -0.2) is 71.6 Å². The number of thiazole rings is 1. The molecule has 1 heterocycles. The molecule has 0 aliphatic heterocycles. The van der Waals surface area contributed by atoms with E-state index in [1.54, 1.807) is 18.4 Å². The maximum absolute atomic E-state index is 11.1. The minimum atomic E-state index is -3.52. The van der Waals surface area contributed by atoms with Gasteiger partial charge in [0.25, 0.3) is 0 Å². The molecule has 0 saturated carbocycles. The second kappa shape index (κ2) is 47.8. The lowest BCUT2D eigenvalue weighted by Crippen LogP contribution is -2.19. The minimum Gasteiger partial charge on any atom is -0.497 e. The van der Waals surface area contributed by atoms with Crippen LogP contribution in [0, 0.1) is 20.8 Å². The van der Waals surface area contributed by atoms with Crippen LogP contribution in [0.15, 0.2) is 173 Å². The molecule has 0 unspecified atom stereocenters. The Labute approximate surface area is 617 Å². The number of hydrogen-bond acceptors (Lipinski definition) is 10. The molecule has 0 saturated heterocycles. The van der Waals surface area contributed by atoms with Gasteiger partial charge in [-0.25, -0.2) is 4.98 Å². The highest BCUT2D eigenvalue weighted by Crippen LogP contribution is 2.37. The van der Waals surface area contributed by atoms with Crippen molar-refractivity contribution in [3.63, 3.8) is 0 Å². The van der Waals surface area contributed by atoms with Gasteiger partial charge in [-0.3, -0.25) is 0 Å². The van der Waals surface area contributed by atoms with E-state index in [1.165, 1.54) is 60.8 Å². The molecule has 0 aliphatic rings. The van der Waals surface area contributed by atoms with Gasteiger partial charge >= 0.3 is 10.1 Å². The molecule has 7 aromatic carbocycles. The third-order valence-electron chi connectivity index (χ3n) is 14.7. The fourth-order valence-corrected chi connectivity index (χ4v) is 11.7. The lowest BCUT2D eigenvalue weighted by Gasteiger charge is -2.12. The average Bonchev–Trinajstić information content (AvgIpc) is 0.949. The van der Waals surface area contributed by atoms with Crippen LogP contribution in [0.4, 0.5) is 0 Å². The number of rotatable bonds is 20. The van der Waals surface area contributed by atoms with Gasteiger partial charge in [0.2, 0.25) is 0 Å². The third kappa shape index (κ3) is 39.0. The summed E-state index contributed by atoms with van der Waals surface area (Å²) in [4.78, 5) is 6.45. The molecule has 0 spiro atoms. The number of ether oxygens (including phenoxy) is 4. The van der Waals surface area contributed by atoms with Gasteiger partial charge in [0.05, 0.1) is 45.7 Å². The number of nitrogens with zero attached hydrogens (tertiary/aromatic N) is 2. The lowest BCUT2D eigenvalue weighted by molar-refractivity contribution is 0.242. The topological polar surface area (TPSA) is 96.4 Å². The number of aromatic nitrogens is 1. The first-order chi connectivity index (χ1) is 45.9. The first-order valence-electron chi connectivity index (χ1n) is 34.5. The van der Waals surface area contributed by atoms with Crippen molar-refractivity contribution >= 4 is 59.4 Å². The molecule has 0 amide bonds. The normalized spacial score (nSPS) is 10.8. The number of likely N-dealkylation sites (N-methyl/N-ethyl adjacent to an activating group) is 1. The highest BCUT2D eigenvalue weighted by atomic mass is 79.9. The average molecular weight is 1510 g/mol. The van der Waals surface area contributed by atoms with Gasteiger partial charge in [0.15, 0.2) is 5.75 Å². The summed E-state index contributed by atoms with van der Waals surface area (Å²) >= 11 is 8.32. The third-order valence-corrected chi connectivity index (χ3v) is 17.1. The van der Waals surface area contributed by atoms with Gasteiger partial charge in [0, 0.05) is 11.9 Å². The van der Waals surface area contributed by atoms with E-state index < -0.39 is 10.1 Å². The Morgan fingerprint density at radius 3 is 1.22 bits per heavy atom. The molecule has 0 aliphatic carbocycles. The molecule has 540 valence electrons. The van der Waals surface area contributed by atoms with Crippen molar-refractivity contribution in [3.8, 4) is 28.7 Å². The van der Waals surface area contributed by atoms with Gasteiger partial charge in [-0.1, -0.05) is 226 Å². The van der Waals surface area contributed by atoms with E-state index in [2.05, 4.69) is 275 Å². The van der Waals surface area contributed by atoms with Crippen LogP contribution in [0.3, 0.4) is 0 Å². The molecule has 98 heavy (non-hydrogen) atoms. The molecule has 8 rings (SSSR count). The minimum absolute atomic E-state index is 0.252. The van der Waals surface area contributed by atoms with Crippen molar-refractivity contribution < 1.29 is 31.5 Å². The summed E-state index contributed by atoms with van der Waals surface area (Å²) in [6.45, 7) is 53.4. The van der Waals surface area contributed by atoms with Crippen LogP contribution in [0.25, 0.3) is 6.08 Å². The summed E-state index contributed by atoms with van der Waals surface area (Å²) in [6.07, 6.45) is 3.15. The molecule has 0 radical (unpaired) electrons. The van der Waals surface area contributed by atoms with Gasteiger partial charge in [-0.2, -0.15) is 8.42 Å². The predicted molar refractivity (Wildman–Crippen MR) is 433 cm³/mol. The van der Waals surface area contributed by atoms with Crippen LogP contribution in [0.2, 0.25) is 0 Å². The molecule has 13 heteroatoms. The maximum atomic E-state index is 11.1. The fraction of sp³-hybridized carbons (Fsp3) is 0.447. The first-order valence-corrected chi connectivity index (χ1v) is 38.8. The summed E-state index contributed by atoms with van der Waals surface area (Å²) in [7, 11) is 2.28. The lowest BCUT2D eigenvalue weighted by atomic mass is 9.99. The Bertz CT molecular complexity index is 3580. The van der Waals surface area contributed by atoms with E-state index >= 15 is 0 Å². The molecule has 0 N–H and O–H groups in total. The van der Waals surface area contributed by atoms with Crippen LogP contribution in [0.5, 0.6) is 28.7 Å². The quantitative estimate of drug-likeness (QED) is 0.0691. The smallest absolute Gasteiger partial charge is 0.306 e. The van der Waals surface area contributed by atoms with Gasteiger partial charge in [-0.05, 0) is 240 Å².